The lowest BCUT2D eigenvalue weighted by molar-refractivity contribution is -0.384. The van der Waals surface area contributed by atoms with E-state index in [1.165, 1.54) is 34.6 Å². The van der Waals surface area contributed by atoms with Crippen LogP contribution in [0.5, 0.6) is 0 Å². The third kappa shape index (κ3) is 4.38. The van der Waals surface area contributed by atoms with Gasteiger partial charge in [-0.1, -0.05) is 72.0 Å². The summed E-state index contributed by atoms with van der Waals surface area (Å²) >= 11 is 1.36. The molecule has 1 aliphatic carbocycles. The number of fused-ring (bicyclic) bond motifs is 1. The molecule has 1 aromatic heterocycles. The first-order valence-corrected chi connectivity index (χ1v) is 13.0. The van der Waals surface area contributed by atoms with Crippen LogP contribution in [0.4, 0.5) is 5.69 Å². The topological polar surface area (TPSA) is 77.5 Å². The SMILES string of the molecule is O=c1/c(=C/c2ccc([N+](=O)[O-])cc2)sc2n1C(c1ccccc1)C1=C(N=2)/C(=C/c2ccccc2)CCC1. The van der Waals surface area contributed by atoms with Crippen molar-refractivity contribution < 1.29 is 4.92 Å². The Morgan fingerprint density at radius 3 is 2.27 bits per heavy atom. The lowest BCUT2D eigenvalue weighted by Gasteiger charge is -2.31. The Morgan fingerprint density at radius 2 is 1.57 bits per heavy atom. The fourth-order valence-electron chi connectivity index (χ4n) is 5.09. The Morgan fingerprint density at radius 1 is 0.892 bits per heavy atom. The average molecular weight is 506 g/mol. The zero-order chi connectivity index (χ0) is 25.4. The van der Waals surface area contributed by atoms with E-state index in [1.54, 1.807) is 18.2 Å². The summed E-state index contributed by atoms with van der Waals surface area (Å²) in [4.78, 5) is 30.1. The first-order chi connectivity index (χ1) is 18.1. The number of benzene rings is 3. The van der Waals surface area contributed by atoms with Crippen LogP contribution in [0.2, 0.25) is 0 Å². The molecule has 37 heavy (non-hydrogen) atoms. The zero-order valence-corrected chi connectivity index (χ0v) is 20.7. The molecule has 6 nitrogen and oxygen atoms in total. The second-order valence-corrected chi connectivity index (χ2v) is 10.2. The van der Waals surface area contributed by atoms with Crippen LogP contribution in [0.1, 0.15) is 42.0 Å². The standard InChI is InChI=1S/C30H23N3O3S/c34-29-26(19-21-14-16-24(17-15-21)33(35)36)37-30-31-27-23(18-20-8-3-1-4-9-20)12-7-13-25(27)28(32(29)30)22-10-5-2-6-11-22/h1-6,8-11,14-19,28H,7,12-13H2/b23-18+,26-19-. The molecule has 0 amide bonds. The van der Waals surface area contributed by atoms with Gasteiger partial charge in [0.1, 0.15) is 0 Å². The van der Waals surface area contributed by atoms with E-state index in [-0.39, 0.29) is 17.3 Å². The summed E-state index contributed by atoms with van der Waals surface area (Å²) < 4.78 is 2.38. The molecule has 0 saturated carbocycles. The number of hydrogen-bond acceptors (Lipinski definition) is 5. The number of nitro benzene ring substituents is 1. The summed E-state index contributed by atoms with van der Waals surface area (Å²) in [6.45, 7) is 0. The molecular weight excluding hydrogens is 482 g/mol. The quantitative estimate of drug-likeness (QED) is 0.276. The fraction of sp³-hybridized carbons (Fsp3) is 0.133. The number of allylic oxidation sites excluding steroid dienone is 2. The Labute approximate surface area is 217 Å². The van der Waals surface area contributed by atoms with Crippen LogP contribution in [0.25, 0.3) is 12.2 Å². The number of nitrogens with zero attached hydrogens (tertiary/aromatic N) is 3. The summed E-state index contributed by atoms with van der Waals surface area (Å²) in [6, 6.07) is 26.4. The van der Waals surface area contributed by atoms with Gasteiger partial charge in [0.25, 0.3) is 11.2 Å². The number of aromatic nitrogens is 1. The third-order valence-electron chi connectivity index (χ3n) is 6.79. The van der Waals surface area contributed by atoms with Crippen molar-refractivity contribution in [2.75, 3.05) is 0 Å². The van der Waals surface area contributed by atoms with E-state index in [0.717, 1.165) is 41.6 Å². The van der Waals surface area contributed by atoms with E-state index in [2.05, 4.69) is 30.3 Å². The van der Waals surface area contributed by atoms with Crippen molar-refractivity contribution in [1.29, 1.82) is 0 Å². The van der Waals surface area contributed by atoms with Gasteiger partial charge in [0.05, 0.1) is 21.2 Å². The summed E-state index contributed by atoms with van der Waals surface area (Å²) in [6.07, 6.45) is 6.83. The molecule has 1 aliphatic heterocycles. The summed E-state index contributed by atoms with van der Waals surface area (Å²) in [5.74, 6) is 0. The van der Waals surface area contributed by atoms with Crippen LogP contribution < -0.4 is 14.9 Å². The van der Waals surface area contributed by atoms with Gasteiger partial charge in [0.15, 0.2) is 4.80 Å². The number of rotatable bonds is 4. The van der Waals surface area contributed by atoms with Crippen molar-refractivity contribution in [1.82, 2.24) is 4.57 Å². The zero-order valence-electron chi connectivity index (χ0n) is 19.9. The normalized spacial score (nSPS) is 18.3. The average Bonchev–Trinajstić information content (AvgIpc) is 3.23. The van der Waals surface area contributed by atoms with Crippen LogP contribution in [-0.2, 0) is 0 Å². The van der Waals surface area contributed by atoms with Gasteiger partial charge in [-0.15, -0.1) is 0 Å². The number of hydrogen-bond donors (Lipinski definition) is 0. The van der Waals surface area contributed by atoms with Crippen LogP contribution >= 0.6 is 11.3 Å². The van der Waals surface area contributed by atoms with E-state index in [9.17, 15) is 14.9 Å². The molecule has 0 spiro atoms. The molecule has 2 aliphatic rings. The molecule has 6 rings (SSSR count). The largest absolute Gasteiger partial charge is 0.272 e. The highest BCUT2D eigenvalue weighted by molar-refractivity contribution is 7.07. The van der Waals surface area contributed by atoms with Crippen LogP contribution in [-0.4, -0.2) is 9.49 Å². The Hall–Kier alpha value is -4.36. The summed E-state index contributed by atoms with van der Waals surface area (Å²) in [5.41, 5.74) is 6.23. The van der Waals surface area contributed by atoms with Gasteiger partial charge in [0.2, 0.25) is 0 Å². The van der Waals surface area contributed by atoms with E-state index in [4.69, 9.17) is 4.99 Å². The molecule has 2 heterocycles. The molecule has 0 bridgehead atoms. The van der Waals surface area contributed by atoms with Gasteiger partial charge in [-0.25, -0.2) is 4.99 Å². The van der Waals surface area contributed by atoms with Gasteiger partial charge in [-0.2, -0.15) is 0 Å². The van der Waals surface area contributed by atoms with Gasteiger partial charge in [0, 0.05) is 12.1 Å². The van der Waals surface area contributed by atoms with Crippen LogP contribution in [0.3, 0.4) is 0 Å². The predicted molar refractivity (Wildman–Crippen MR) is 146 cm³/mol. The molecule has 0 saturated heterocycles. The van der Waals surface area contributed by atoms with Gasteiger partial charge in [-0.05, 0) is 71.4 Å². The molecule has 3 aromatic carbocycles. The molecule has 0 fully saturated rings. The Kier molecular flexibility index (Phi) is 5.98. The second kappa shape index (κ2) is 9.59. The number of thiazole rings is 1. The smallest absolute Gasteiger partial charge is 0.271 e. The lowest BCUT2D eigenvalue weighted by Crippen LogP contribution is -2.39. The van der Waals surface area contributed by atoms with Crippen LogP contribution in [0.15, 0.2) is 112 Å². The molecule has 0 radical (unpaired) electrons. The van der Waals surface area contributed by atoms with Crippen molar-refractivity contribution >= 4 is 29.2 Å². The number of nitro groups is 1. The first-order valence-electron chi connectivity index (χ1n) is 12.2. The third-order valence-corrected chi connectivity index (χ3v) is 7.77. The van der Waals surface area contributed by atoms with Crippen molar-refractivity contribution in [3.8, 4) is 0 Å². The first kappa shape index (κ1) is 23.1. The van der Waals surface area contributed by atoms with Crippen molar-refractivity contribution in [3.05, 3.63) is 148 Å². The van der Waals surface area contributed by atoms with Crippen molar-refractivity contribution in [3.63, 3.8) is 0 Å². The number of non-ortho nitro benzene ring substituents is 1. The summed E-state index contributed by atoms with van der Waals surface area (Å²) in [7, 11) is 0. The molecule has 4 aromatic rings. The van der Waals surface area contributed by atoms with E-state index in [0.29, 0.717) is 9.33 Å². The van der Waals surface area contributed by atoms with Crippen molar-refractivity contribution in [2.24, 2.45) is 4.99 Å². The maximum absolute atomic E-state index is 13.8. The minimum atomic E-state index is -0.428. The second-order valence-electron chi connectivity index (χ2n) is 9.15. The van der Waals surface area contributed by atoms with Gasteiger partial charge in [-0.3, -0.25) is 19.5 Å². The Balaban J connectivity index is 1.54. The highest BCUT2D eigenvalue weighted by Gasteiger charge is 2.32. The highest BCUT2D eigenvalue weighted by atomic mass is 32.1. The minimum Gasteiger partial charge on any atom is -0.272 e. The van der Waals surface area contributed by atoms with Crippen LogP contribution in [0, 0.1) is 10.1 Å². The lowest BCUT2D eigenvalue weighted by atomic mass is 9.84. The molecule has 7 heteroatoms. The Bertz CT molecular complexity index is 1730. The van der Waals surface area contributed by atoms with E-state index in [1.807, 2.05) is 41.0 Å². The fourth-order valence-corrected chi connectivity index (χ4v) is 6.09. The molecule has 1 unspecified atom stereocenters. The predicted octanol–water partition coefficient (Wildman–Crippen LogP) is 5.39. The minimum absolute atomic E-state index is 0.0214. The molecule has 1 atom stereocenters. The highest BCUT2D eigenvalue weighted by Crippen LogP contribution is 2.41. The van der Waals surface area contributed by atoms with E-state index >= 15 is 0 Å². The van der Waals surface area contributed by atoms with Gasteiger partial charge >= 0.3 is 0 Å². The van der Waals surface area contributed by atoms with Crippen molar-refractivity contribution in [2.45, 2.75) is 25.3 Å². The summed E-state index contributed by atoms with van der Waals surface area (Å²) in [5, 5.41) is 11.0. The molecule has 182 valence electrons. The maximum Gasteiger partial charge on any atom is 0.271 e. The van der Waals surface area contributed by atoms with E-state index < -0.39 is 4.92 Å². The molecular formula is C30H23N3O3S. The monoisotopic (exact) mass is 505 g/mol. The van der Waals surface area contributed by atoms with Gasteiger partial charge < -0.3 is 0 Å². The molecule has 0 N–H and O–H groups in total. The maximum atomic E-state index is 13.8.